The van der Waals surface area contributed by atoms with Crippen LogP contribution >= 0.6 is 0 Å². The van der Waals surface area contributed by atoms with Gasteiger partial charge in [-0.15, -0.1) is 0 Å². The van der Waals surface area contributed by atoms with Crippen molar-refractivity contribution in [1.29, 1.82) is 0 Å². The van der Waals surface area contributed by atoms with E-state index in [2.05, 4.69) is 66.7 Å². The van der Waals surface area contributed by atoms with E-state index in [0.717, 1.165) is 12.0 Å². The molecule has 0 bridgehead atoms. The van der Waals surface area contributed by atoms with Gasteiger partial charge in [0.1, 0.15) is 0 Å². The van der Waals surface area contributed by atoms with Crippen molar-refractivity contribution in [2.45, 2.75) is 72.6 Å². The van der Waals surface area contributed by atoms with Gasteiger partial charge in [-0.1, -0.05) is 71.9 Å². The first kappa shape index (κ1) is 22.3. The Morgan fingerprint density at radius 1 is 1.03 bits per heavy atom. The fourth-order valence-corrected chi connectivity index (χ4v) is 4.89. The number of carbonyl (C=O) groups is 1. The minimum absolute atomic E-state index is 0.155. The standard InChI is InChI=1S/C28H36O2/c1-9-14-30-26(29)22-12-10-21(11-13-22)15-18(2)23-17-25-24(16-19(23)3)27(5,6)20(4)28(25,7)8/h10-13,15-17,20H,9,14H2,1-8H3. The van der Waals surface area contributed by atoms with E-state index >= 15 is 0 Å². The van der Waals surface area contributed by atoms with Gasteiger partial charge >= 0.3 is 5.97 Å². The highest BCUT2D eigenvalue weighted by Gasteiger charge is 2.48. The molecule has 0 spiro atoms. The molecule has 0 saturated heterocycles. The van der Waals surface area contributed by atoms with Crippen LogP contribution in [0.4, 0.5) is 0 Å². The number of esters is 1. The van der Waals surface area contributed by atoms with Gasteiger partial charge in [0, 0.05) is 0 Å². The number of carbonyl (C=O) groups excluding carboxylic acids is 1. The number of ether oxygens (including phenoxy) is 1. The summed E-state index contributed by atoms with van der Waals surface area (Å²) in [6.45, 7) is 18.7. The van der Waals surface area contributed by atoms with Gasteiger partial charge in [-0.25, -0.2) is 4.79 Å². The minimum Gasteiger partial charge on any atom is -0.462 e. The van der Waals surface area contributed by atoms with Gasteiger partial charge < -0.3 is 4.74 Å². The summed E-state index contributed by atoms with van der Waals surface area (Å²) >= 11 is 0. The Hall–Kier alpha value is -2.35. The lowest BCUT2D eigenvalue weighted by Crippen LogP contribution is -2.30. The van der Waals surface area contributed by atoms with Crippen LogP contribution in [0.25, 0.3) is 11.6 Å². The van der Waals surface area contributed by atoms with Crippen molar-refractivity contribution in [2.75, 3.05) is 6.61 Å². The second-order valence-electron chi connectivity index (χ2n) is 9.96. The molecule has 1 aliphatic rings. The summed E-state index contributed by atoms with van der Waals surface area (Å²) in [6, 6.07) is 12.5. The van der Waals surface area contributed by atoms with Crippen molar-refractivity contribution < 1.29 is 9.53 Å². The van der Waals surface area contributed by atoms with Crippen LogP contribution in [0.1, 0.15) is 93.1 Å². The molecule has 2 heteroatoms. The number of rotatable bonds is 5. The summed E-state index contributed by atoms with van der Waals surface area (Å²) in [4.78, 5) is 12.0. The fourth-order valence-electron chi connectivity index (χ4n) is 4.89. The van der Waals surface area contributed by atoms with Gasteiger partial charge in [0.25, 0.3) is 0 Å². The molecule has 1 unspecified atom stereocenters. The maximum Gasteiger partial charge on any atom is 0.338 e. The highest BCUT2D eigenvalue weighted by Crippen LogP contribution is 2.54. The number of hydrogen-bond donors (Lipinski definition) is 0. The quantitative estimate of drug-likeness (QED) is 0.385. The third-order valence-corrected chi connectivity index (χ3v) is 7.31. The first-order chi connectivity index (χ1) is 14.0. The number of hydrogen-bond acceptors (Lipinski definition) is 2. The van der Waals surface area contributed by atoms with E-state index in [-0.39, 0.29) is 16.8 Å². The van der Waals surface area contributed by atoms with E-state index in [1.807, 2.05) is 31.2 Å². The molecule has 1 aliphatic carbocycles. The lowest BCUT2D eigenvalue weighted by atomic mass is 9.71. The summed E-state index contributed by atoms with van der Waals surface area (Å²) in [7, 11) is 0. The maximum absolute atomic E-state index is 12.0. The molecular formula is C28H36O2. The van der Waals surface area contributed by atoms with Crippen LogP contribution in [0.3, 0.4) is 0 Å². The van der Waals surface area contributed by atoms with Gasteiger partial charge in [0.2, 0.25) is 0 Å². The van der Waals surface area contributed by atoms with Crippen molar-refractivity contribution in [3.05, 3.63) is 69.8 Å². The Morgan fingerprint density at radius 2 is 1.60 bits per heavy atom. The van der Waals surface area contributed by atoms with E-state index < -0.39 is 0 Å². The number of allylic oxidation sites excluding steroid dienone is 1. The van der Waals surface area contributed by atoms with Gasteiger partial charge in [-0.05, 0) is 82.5 Å². The van der Waals surface area contributed by atoms with Gasteiger partial charge in [0.05, 0.1) is 12.2 Å². The Balaban J connectivity index is 1.93. The van der Waals surface area contributed by atoms with Crippen molar-refractivity contribution in [1.82, 2.24) is 0 Å². The molecule has 2 aromatic rings. The number of aryl methyl sites for hydroxylation is 1. The summed E-state index contributed by atoms with van der Waals surface area (Å²) in [5.41, 5.74) is 8.86. The zero-order valence-electron chi connectivity index (χ0n) is 19.8. The minimum atomic E-state index is -0.252. The van der Waals surface area contributed by atoms with E-state index in [9.17, 15) is 4.79 Å². The lowest BCUT2D eigenvalue weighted by molar-refractivity contribution is 0.0505. The van der Waals surface area contributed by atoms with Gasteiger partial charge in [0.15, 0.2) is 0 Å². The molecule has 0 aliphatic heterocycles. The predicted molar refractivity (Wildman–Crippen MR) is 127 cm³/mol. The zero-order chi connectivity index (χ0) is 22.3. The fraction of sp³-hybridized carbons (Fsp3) is 0.464. The number of fused-ring (bicyclic) bond motifs is 1. The normalized spacial score (nSPS) is 19.5. The second kappa shape index (κ2) is 8.06. The zero-order valence-corrected chi connectivity index (χ0v) is 19.8. The third-order valence-electron chi connectivity index (χ3n) is 7.31. The average Bonchev–Trinajstić information content (AvgIpc) is 2.83. The van der Waals surface area contributed by atoms with Gasteiger partial charge in [-0.2, -0.15) is 0 Å². The Morgan fingerprint density at radius 3 is 2.17 bits per heavy atom. The molecule has 0 aromatic heterocycles. The summed E-state index contributed by atoms with van der Waals surface area (Å²) in [5.74, 6) is 0.330. The topological polar surface area (TPSA) is 26.3 Å². The van der Waals surface area contributed by atoms with Gasteiger partial charge in [-0.3, -0.25) is 0 Å². The summed E-state index contributed by atoms with van der Waals surface area (Å²) < 4.78 is 5.22. The van der Waals surface area contributed by atoms with Crippen LogP contribution in [0, 0.1) is 12.8 Å². The van der Waals surface area contributed by atoms with E-state index in [1.165, 1.54) is 27.8 Å². The molecule has 0 radical (unpaired) electrons. The van der Waals surface area contributed by atoms with Crippen molar-refractivity contribution in [3.63, 3.8) is 0 Å². The maximum atomic E-state index is 12.0. The van der Waals surface area contributed by atoms with Crippen molar-refractivity contribution >= 4 is 17.6 Å². The predicted octanol–water partition coefficient (Wildman–Crippen LogP) is 7.33. The van der Waals surface area contributed by atoms with Crippen LogP contribution in [0.2, 0.25) is 0 Å². The molecule has 0 saturated carbocycles. The molecular weight excluding hydrogens is 368 g/mol. The van der Waals surface area contributed by atoms with Crippen LogP contribution in [-0.4, -0.2) is 12.6 Å². The Bertz CT molecular complexity index is 974. The molecule has 0 N–H and O–H groups in total. The Kier molecular flexibility index (Phi) is 6.00. The van der Waals surface area contributed by atoms with Crippen molar-refractivity contribution in [2.24, 2.45) is 5.92 Å². The SMILES string of the molecule is CCCOC(=O)c1ccc(C=C(C)c2cc3c(cc2C)C(C)(C)C(C)C3(C)C)cc1. The van der Waals surface area contributed by atoms with E-state index in [0.29, 0.717) is 18.1 Å². The number of benzene rings is 2. The van der Waals surface area contributed by atoms with Crippen LogP contribution in [-0.2, 0) is 15.6 Å². The smallest absolute Gasteiger partial charge is 0.338 e. The molecule has 30 heavy (non-hydrogen) atoms. The summed E-state index contributed by atoms with van der Waals surface area (Å²) in [6.07, 6.45) is 3.03. The molecule has 1 atom stereocenters. The monoisotopic (exact) mass is 404 g/mol. The molecule has 3 rings (SSSR count). The van der Waals surface area contributed by atoms with Crippen LogP contribution < -0.4 is 0 Å². The largest absolute Gasteiger partial charge is 0.462 e. The van der Waals surface area contributed by atoms with E-state index in [4.69, 9.17) is 4.74 Å². The molecule has 0 amide bonds. The molecule has 0 heterocycles. The van der Waals surface area contributed by atoms with Crippen molar-refractivity contribution in [3.8, 4) is 0 Å². The molecule has 0 fully saturated rings. The first-order valence-electron chi connectivity index (χ1n) is 11.1. The van der Waals surface area contributed by atoms with Crippen LogP contribution in [0.15, 0.2) is 36.4 Å². The van der Waals surface area contributed by atoms with Crippen LogP contribution in [0.5, 0.6) is 0 Å². The third kappa shape index (κ3) is 3.85. The molecule has 160 valence electrons. The second-order valence-corrected chi connectivity index (χ2v) is 9.96. The average molecular weight is 405 g/mol. The van der Waals surface area contributed by atoms with E-state index in [1.54, 1.807) is 0 Å². The molecule has 2 nitrogen and oxygen atoms in total. The first-order valence-corrected chi connectivity index (χ1v) is 11.1. The lowest BCUT2D eigenvalue weighted by Gasteiger charge is -2.32. The Labute approximate surface area is 182 Å². The highest BCUT2D eigenvalue weighted by molar-refractivity contribution is 5.90. The highest BCUT2D eigenvalue weighted by atomic mass is 16.5. The summed E-state index contributed by atoms with van der Waals surface area (Å²) in [5, 5.41) is 0. The molecule has 2 aromatic carbocycles.